The van der Waals surface area contributed by atoms with E-state index in [1.807, 2.05) is 24.3 Å². The van der Waals surface area contributed by atoms with Crippen LogP contribution in [0.1, 0.15) is 5.82 Å². The standard InChI is InChI=1S/C10H9N5S/c11-5-9-12-6-13-15(9)10-14-7-3-1-2-4-8(7)16-10/h1-4,6H,5,11H2. The fourth-order valence-electron chi connectivity index (χ4n) is 1.52. The highest BCUT2D eigenvalue weighted by atomic mass is 32.1. The average molecular weight is 231 g/mol. The fourth-order valence-corrected chi connectivity index (χ4v) is 2.46. The molecule has 0 saturated heterocycles. The van der Waals surface area contributed by atoms with Crippen LogP contribution < -0.4 is 5.73 Å². The van der Waals surface area contributed by atoms with Gasteiger partial charge in [-0.15, -0.1) is 0 Å². The minimum absolute atomic E-state index is 0.357. The van der Waals surface area contributed by atoms with Crippen LogP contribution in [0.5, 0.6) is 0 Å². The number of rotatable bonds is 2. The first-order valence-electron chi connectivity index (χ1n) is 4.83. The van der Waals surface area contributed by atoms with Crippen LogP contribution in [0, 0.1) is 0 Å². The molecule has 0 radical (unpaired) electrons. The molecule has 2 heterocycles. The van der Waals surface area contributed by atoms with Gasteiger partial charge in [-0.25, -0.2) is 9.97 Å². The lowest BCUT2D eigenvalue weighted by Gasteiger charge is -1.97. The minimum Gasteiger partial charge on any atom is -0.324 e. The Morgan fingerprint density at radius 1 is 1.31 bits per heavy atom. The Labute approximate surface area is 95.6 Å². The number of aromatic nitrogens is 4. The van der Waals surface area contributed by atoms with Crippen LogP contribution in [0.2, 0.25) is 0 Å². The summed E-state index contributed by atoms with van der Waals surface area (Å²) in [5, 5.41) is 4.93. The van der Waals surface area contributed by atoms with Gasteiger partial charge >= 0.3 is 0 Å². The van der Waals surface area contributed by atoms with E-state index >= 15 is 0 Å². The second-order valence-electron chi connectivity index (χ2n) is 3.26. The van der Waals surface area contributed by atoms with Crippen molar-refractivity contribution in [2.75, 3.05) is 0 Å². The number of nitrogens with two attached hydrogens (primary N) is 1. The second kappa shape index (κ2) is 3.66. The van der Waals surface area contributed by atoms with Crippen LogP contribution in [0.25, 0.3) is 15.3 Å². The van der Waals surface area contributed by atoms with Gasteiger partial charge in [0.2, 0.25) is 5.13 Å². The zero-order valence-electron chi connectivity index (χ0n) is 8.37. The summed E-state index contributed by atoms with van der Waals surface area (Å²) >= 11 is 1.58. The van der Waals surface area contributed by atoms with Gasteiger partial charge in [0.1, 0.15) is 12.2 Å². The van der Waals surface area contributed by atoms with E-state index in [2.05, 4.69) is 15.1 Å². The van der Waals surface area contributed by atoms with E-state index in [0.29, 0.717) is 6.54 Å². The number of hydrogen-bond donors (Lipinski definition) is 1. The van der Waals surface area contributed by atoms with Crippen molar-refractivity contribution < 1.29 is 0 Å². The maximum absolute atomic E-state index is 5.58. The zero-order valence-corrected chi connectivity index (χ0v) is 9.18. The van der Waals surface area contributed by atoms with E-state index < -0.39 is 0 Å². The largest absolute Gasteiger partial charge is 0.324 e. The molecule has 2 N–H and O–H groups in total. The first kappa shape index (κ1) is 9.44. The van der Waals surface area contributed by atoms with Gasteiger partial charge in [0.15, 0.2) is 0 Å². The summed E-state index contributed by atoms with van der Waals surface area (Å²) in [5.41, 5.74) is 6.55. The maximum atomic E-state index is 5.58. The van der Waals surface area contributed by atoms with Crippen molar-refractivity contribution in [2.24, 2.45) is 5.73 Å². The summed E-state index contributed by atoms with van der Waals surface area (Å²) in [7, 11) is 0. The molecule has 0 bridgehead atoms. The van der Waals surface area contributed by atoms with Gasteiger partial charge in [0, 0.05) is 0 Å². The van der Waals surface area contributed by atoms with E-state index in [4.69, 9.17) is 5.73 Å². The number of thiazole rings is 1. The van der Waals surface area contributed by atoms with Gasteiger partial charge < -0.3 is 5.73 Å². The van der Waals surface area contributed by atoms with Crippen LogP contribution in [0.4, 0.5) is 0 Å². The SMILES string of the molecule is NCc1ncnn1-c1nc2ccccc2s1. The molecule has 16 heavy (non-hydrogen) atoms. The molecule has 3 rings (SSSR count). The van der Waals surface area contributed by atoms with Crippen LogP contribution >= 0.6 is 11.3 Å². The third kappa shape index (κ3) is 1.39. The second-order valence-corrected chi connectivity index (χ2v) is 4.27. The van der Waals surface area contributed by atoms with Crippen molar-refractivity contribution >= 4 is 21.6 Å². The molecule has 0 saturated carbocycles. The van der Waals surface area contributed by atoms with Gasteiger partial charge in [-0.3, -0.25) is 0 Å². The molecular weight excluding hydrogens is 222 g/mol. The number of hydrogen-bond acceptors (Lipinski definition) is 5. The maximum Gasteiger partial charge on any atom is 0.213 e. The lowest BCUT2D eigenvalue weighted by atomic mass is 10.3. The number of benzene rings is 1. The predicted octanol–water partition coefficient (Wildman–Crippen LogP) is 1.34. The van der Waals surface area contributed by atoms with Gasteiger partial charge in [0.25, 0.3) is 0 Å². The van der Waals surface area contributed by atoms with E-state index in [9.17, 15) is 0 Å². The Balaban J connectivity index is 2.19. The van der Waals surface area contributed by atoms with Crippen molar-refractivity contribution in [3.05, 3.63) is 36.4 Å². The lowest BCUT2D eigenvalue weighted by molar-refractivity contribution is 0.785. The molecule has 0 aliphatic rings. The zero-order chi connectivity index (χ0) is 11.0. The molecule has 1 aromatic carbocycles. The monoisotopic (exact) mass is 231 g/mol. The fraction of sp³-hybridized carbons (Fsp3) is 0.100. The highest BCUT2D eigenvalue weighted by molar-refractivity contribution is 7.20. The van der Waals surface area contributed by atoms with E-state index in [0.717, 1.165) is 21.2 Å². The average Bonchev–Trinajstić information content (AvgIpc) is 2.94. The molecule has 0 spiro atoms. The summed E-state index contributed by atoms with van der Waals surface area (Å²) in [6.45, 7) is 0.357. The van der Waals surface area contributed by atoms with Crippen molar-refractivity contribution in [3.63, 3.8) is 0 Å². The summed E-state index contributed by atoms with van der Waals surface area (Å²) in [4.78, 5) is 8.56. The topological polar surface area (TPSA) is 69.6 Å². The Hall–Kier alpha value is -1.79. The highest BCUT2D eigenvalue weighted by Gasteiger charge is 2.09. The molecule has 5 nitrogen and oxygen atoms in total. The molecule has 0 unspecified atom stereocenters. The summed E-state index contributed by atoms with van der Waals surface area (Å²) in [6.07, 6.45) is 1.49. The molecule has 6 heteroatoms. The van der Waals surface area contributed by atoms with Crippen molar-refractivity contribution in [1.29, 1.82) is 0 Å². The molecule has 0 atom stereocenters. The Morgan fingerprint density at radius 3 is 3.00 bits per heavy atom. The van der Waals surface area contributed by atoms with E-state index in [-0.39, 0.29) is 0 Å². The Bertz CT molecular complexity index is 594. The molecular formula is C10H9N5S. The number of nitrogens with zero attached hydrogens (tertiary/aromatic N) is 4. The summed E-state index contributed by atoms with van der Waals surface area (Å²) < 4.78 is 2.82. The van der Waals surface area contributed by atoms with E-state index in [1.54, 1.807) is 16.0 Å². The molecule has 0 amide bonds. The Kier molecular flexibility index (Phi) is 2.16. The minimum atomic E-state index is 0.357. The third-order valence-corrected chi connectivity index (χ3v) is 3.28. The van der Waals surface area contributed by atoms with Crippen molar-refractivity contribution in [1.82, 2.24) is 19.7 Å². The first-order valence-corrected chi connectivity index (χ1v) is 5.65. The summed E-state index contributed by atoms with van der Waals surface area (Å²) in [6, 6.07) is 7.98. The van der Waals surface area contributed by atoms with Crippen LogP contribution in [0.15, 0.2) is 30.6 Å². The molecule has 3 aromatic rings. The van der Waals surface area contributed by atoms with Gasteiger partial charge in [-0.05, 0) is 12.1 Å². The van der Waals surface area contributed by atoms with Crippen molar-refractivity contribution in [2.45, 2.75) is 6.54 Å². The third-order valence-electron chi connectivity index (χ3n) is 2.26. The molecule has 2 aromatic heterocycles. The van der Waals surface area contributed by atoms with Crippen molar-refractivity contribution in [3.8, 4) is 5.13 Å². The predicted molar refractivity (Wildman–Crippen MR) is 62.4 cm³/mol. The lowest BCUT2D eigenvalue weighted by Crippen LogP contribution is -2.07. The quantitative estimate of drug-likeness (QED) is 0.722. The van der Waals surface area contributed by atoms with Gasteiger partial charge in [-0.2, -0.15) is 9.78 Å². The Morgan fingerprint density at radius 2 is 2.19 bits per heavy atom. The normalized spacial score (nSPS) is 11.1. The molecule has 0 fully saturated rings. The summed E-state index contributed by atoms with van der Waals surface area (Å²) in [5.74, 6) is 0.721. The number of para-hydroxylation sites is 1. The molecule has 0 aliphatic carbocycles. The van der Waals surface area contributed by atoms with Crippen LogP contribution in [-0.2, 0) is 6.54 Å². The molecule has 80 valence electrons. The van der Waals surface area contributed by atoms with Crippen LogP contribution in [0.3, 0.4) is 0 Å². The smallest absolute Gasteiger partial charge is 0.213 e. The number of fused-ring (bicyclic) bond motifs is 1. The van der Waals surface area contributed by atoms with Gasteiger partial charge in [-0.1, -0.05) is 23.5 Å². The van der Waals surface area contributed by atoms with Crippen LogP contribution in [-0.4, -0.2) is 19.7 Å². The van der Waals surface area contributed by atoms with Gasteiger partial charge in [0.05, 0.1) is 16.8 Å². The molecule has 0 aliphatic heterocycles. The highest BCUT2D eigenvalue weighted by Crippen LogP contribution is 2.24. The van der Waals surface area contributed by atoms with E-state index in [1.165, 1.54) is 6.33 Å². The first-order chi connectivity index (χ1) is 7.88.